The van der Waals surface area contributed by atoms with Gasteiger partial charge in [-0.25, -0.2) is 0 Å². The van der Waals surface area contributed by atoms with Gasteiger partial charge in [0.2, 0.25) is 0 Å². The third kappa shape index (κ3) is 5.06. The number of carbonyl (C=O) groups is 1. The monoisotopic (exact) mass is 359 g/mol. The number of piperidine rings is 1. The molecule has 0 radical (unpaired) electrons. The Morgan fingerprint density at radius 3 is 2.31 bits per heavy atom. The normalized spacial score (nSPS) is 25.4. The van der Waals surface area contributed by atoms with Crippen LogP contribution in [-0.2, 0) is 11.3 Å². The molecule has 2 heterocycles. The predicted molar refractivity (Wildman–Crippen MR) is 104 cm³/mol. The molecule has 2 aliphatic heterocycles. The van der Waals surface area contributed by atoms with E-state index in [-0.39, 0.29) is 5.91 Å². The molecule has 2 N–H and O–H groups in total. The van der Waals surface area contributed by atoms with Crippen LogP contribution in [0.15, 0.2) is 24.3 Å². The molecule has 1 aromatic carbocycles. The van der Waals surface area contributed by atoms with Crippen molar-refractivity contribution in [3.63, 3.8) is 0 Å². The van der Waals surface area contributed by atoms with Crippen LogP contribution in [0.2, 0.25) is 0 Å². The number of morpholine rings is 1. The molecule has 0 spiro atoms. The molecule has 0 saturated carbocycles. The Morgan fingerprint density at radius 1 is 1.12 bits per heavy atom. The van der Waals surface area contributed by atoms with Gasteiger partial charge in [-0.3, -0.25) is 9.69 Å². The zero-order valence-electron chi connectivity index (χ0n) is 16.2. The van der Waals surface area contributed by atoms with Crippen LogP contribution in [0.1, 0.15) is 49.0 Å². The van der Waals surface area contributed by atoms with Crippen LogP contribution < -0.4 is 5.73 Å². The highest BCUT2D eigenvalue weighted by molar-refractivity contribution is 5.94. The molecule has 1 amide bonds. The molecule has 5 nitrogen and oxygen atoms in total. The maximum atomic E-state index is 12.7. The molecule has 1 aromatic rings. The van der Waals surface area contributed by atoms with Crippen LogP contribution in [0, 0.1) is 5.92 Å². The fourth-order valence-corrected chi connectivity index (χ4v) is 4.22. The zero-order chi connectivity index (χ0) is 18.5. The third-order valence-corrected chi connectivity index (χ3v) is 5.69. The molecule has 0 aromatic heterocycles. The minimum absolute atomic E-state index is 0.155. The maximum Gasteiger partial charge on any atom is 0.253 e. The van der Waals surface area contributed by atoms with Crippen molar-refractivity contribution in [3.05, 3.63) is 35.4 Å². The Kier molecular flexibility index (Phi) is 6.68. The van der Waals surface area contributed by atoms with Crippen molar-refractivity contribution >= 4 is 5.91 Å². The van der Waals surface area contributed by atoms with Gasteiger partial charge in [-0.1, -0.05) is 12.1 Å². The highest BCUT2D eigenvalue weighted by Crippen LogP contribution is 2.23. The predicted octanol–water partition coefficient (Wildman–Crippen LogP) is 2.50. The first-order valence-corrected chi connectivity index (χ1v) is 10.0. The zero-order valence-corrected chi connectivity index (χ0v) is 16.2. The van der Waals surface area contributed by atoms with Crippen LogP contribution >= 0.6 is 0 Å². The van der Waals surface area contributed by atoms with Crippen molar-refractivity contribution < 1.29 is 9.53 Å². The Labute approximate surface area is 157 Å². The number of likely N-dealkylation sites (tertiary alicyclic amines) is 1. The molecule has 2 unspecified atom stereocenters. The Bertz CT molecular complexity index is 571. The van der Waals surface area contributed by atoms with Gasteiger partial charge in [-0.2, -0.15) is 0 Å². The second-order valence-corrected chi connectivity index (χ2v) is 7.94. The van der Waals surface area contributed by atoms with Crippen molar-refractivity contribution in [1.29, 1.82) is 0 Å². The third-order valence-electron chi connectivity index (χ3n) is 5.69. The summed E-state index contributed by atoms with van der Waals surface area (Å²) in [5.74, 6) is 0.884. The van der Waals surface area contributed by atoms with Crippen molar-refractivity contribution in [1.82, 2.24) is 9.80 Å². The first-order chi connectivity index (χ1) is 12.5. The average molecular weight is 360 g/mol. The van der Waals surface area contributed by atoms with Crippen LogP contribution in [0.4, 0.5) is 0 Å². The number of ether oxygens (including phenoxy) is 1. The minimum atomic E-state index is 0.155. The lowest BCUT2D eigenvalue weighted by Crippen LogP contribution is -2.46. The van der Waals surface area contributed by atoms with Gasteiger partial charge < -0.3 is 15.4 Å². The van der Waals surface area contributed by atoms with Gasteiger partial charge in [0, 0.05) is 38.3 Å². The highest BCUT2D eigenvalue weighted by Gasteiger charge is 2.26. The topological polar surface area (TPSA) is 58.8 Å². The summed E-state index contributed by atoms with van der Waals surface area (Å²) < 4.78 is 5.81. The van der Waals surface area contributed by atoms with E-state index in [1.54, 1.807) is 0 Å². The van der Waals surface area contributed by atoms with E-state index in [0.29, 0.717) is 18.8 Å². The molecule has 0 aliphatic carbocycles. The molecule has 3 rings (SSSR count). The van der Waals surface area contributed by atoms with Gasteiger partial charge in [0.05, 0.1) is 12.2 Å². The largest absolute Gasteiger partial charge is 0.373 e. The SMILES string of the molecule is CC1CN(CCC2CCN(C(=O)c3ccc(CN)cc3)CC2)CC(C)O1. The lowest BCUT2D eigenvalue weighted by Gasteiger charge is -2.37. The fourth-order valence-electron chi connectivity index (χ4n) is 4.22. The highest BCUT2D eigenvalue weighted by atomic mass is 16.5. The summed E-state index contributed by atoms with van der Waals surface area (Å²) in [7, 11) is 0. The van der Waals surface area contributed by atoms with Crippen LogP contribution in [0.5, 0.6) is 0 Å². The number of hydrogen-bond donors (Lipinski definition) is 1. The molecule has 0 bridgehead atoms. The average Bonchev–Trinajstić information content (AvgIpc) is 2.65. The van der Waals surface area contributed by atoms with E-state index in [1.807, 2.05) is 29.2 Å². The van der Waals surface area contributed by atoms with E-state index < -0.39 is 0 Å². The van der Waals surface area contributed by atoms with Crippen molar-refractivity contribution in [2.24, 2.45) is 11.7 Å². The van der Waals surface area contributed by atoms with Crippen LogP contribution in [-0.4, -0.2) is 60.6 Å². The van der Waals surface area contributed by atoms with E-state index in [0.717, 1.165) is 62.6 Å². The smallest absolute Gasteiger partial charge is 0.253 e. The number of carbonyl (C=O) groups excluding carboxylic acids is 1. The lowest BCUT2D eigenvalue weighted by atomic mass is 9.92. The van der Waals surface area contributed by atoms with Crippen LogP contribution in [0.25, 0.3) is 0 Å². The van der Waals surface area contributed by atoms with Crippen molar-refractivity contribution in [3.8, 4) is 0 Å². The van der Waals surface area contributed by atoms with Crippen molar-refractivity contribution in [2.45, 2.75) is 51.9 Å². The molecule has 5 heteroatoms. The summed E-state index contributed by atoms with van der Waals surface area (Å²) in [6.07, 6.45) is 4.13. The molecular formula is C21H33N3O2. The number of hydrogen-bond acceptors (Lipinski definition) is 4. The number of nitrogens with two attached hydrogens (primary N) is 1. The van der Waals surface area contributed by atoms with E-state index in [9.17, 15) is 4.79 Å². The van der Waals surface area contributed by atoms with Gasteiger partial charge in [0.25, 0.3) is 5.91 Å². The Morgan fingerprint density at radius 2 is 1.73 bits per heavy atom. The molecule has 2 aliphatic rings. The summed E-state index contributed by atoms with van der Waals surface area (Å²) in [5, 5.41) is 0. The first-order valence-electron chi connectivity index (χ1n) is 10.0. The Balaban J connectivity index is 1.42. The van der Waals surface area contributed by atoms with Gasteiger partial charge in [0.1, 0.15) is 0 Å². The summed E-state index contributed by atoms with van der Waals surface area (Å²) in [6, 6.07) is 7.70. The van der Waals surface area contributed by atoms with E-state index in [4.69, 9.17) is 10.5 Å². The molecule has 144 valence electrons. The van der Waals surface area contributed by atoms with Gasteiger partial charge >= 0.3 is 0 Å². The second-order valence-electron chi connectivity index (χ2n) is 7.94. The summed E-state index contributed by atoms with van der Waals surface area (Å²) in [6.45, 7) is 9.81. The Hall–Kier alpha value is -1.43. The van der Waals surface area contributed by atoms with Crippen LogP contribution in [0.3, 0.4) is 0 Å². The van der Waals surface area contributed by atoms with Gasteiger partial charge in [-0.15, -0.1) is 0 Å². The lowest BCUT2D eigenvalue weighted by molar-refractivity contribution is -0.0693. The first kappa shape index (κ1) is 19.3. The van der Waals surface area contributed by atoms with Gasteiger partial charge in [0.15, 0.2) is 0 Å². The van der Waals surface area contributed by atoms with Crippen molar-refractivity contribution in [2.75, 3.05) is 32.7 Å². The molecular weight excluding hydrogens is 326 g/mol. The minimum Gasteiger partial charge on any atom is -0.373 e. The molecule has 2 saturated heterocycles. The summed E-state index contributed by atoms with van der Waals surface area (Å²) in [4.78, 5) is 17.2. The number of nitrogens with zero attached hydrogens (tertiary/aromatic N) is 2. The summed E-state index contributed by atoms with van der Waals surface area (Å²) >= 11 is 0. The van der Waals surface area contributed by atoms with E-state index >= 15 is 0 Å². The molecule has 2 atom stereocenters. The number of benzene rings is 1. The summed E-state index contributed by atoms with van der Waals surface area (Å²) in [5.41, 5.74) is 7.46. The van der Waals surface area contributed by atoms with E-state index in [2.05, 4.69) is 18.7 Å². The standard InChI is InChI=1S/C21H33N3O2/c1-16-14-23(15-17(2)26-16)10-7-18-8-11-24(12-9-18)21(25)20-5-3-19(13-22)4-6-20/h3-6,16-18H,7-15,22H2,1-2H3. The van der Waals surface area contributed by atoms with E-state index in [1.165, 1.54) is 6.42 Å². The fraction of sp³-hybridized carbons (Fsp3) is 0.667. The van der Waals surface area contributed by atoms with Gasteiger partial charge in [-0.05, 0) is 63.3 Å². The quantitative estimate of drug-likeness (QED) is 0.877. The molecule has 26 heavy (non-hydrogen) atoms. The number of rotatable bonds is 5. The second kappa shape index (κ2) is 8.98. The number of amides is 1. The maximum absolute atomic E-state index is 12.7. The molecule has 2 fully saturated rings.